The van der Waals surface area contributed by atoms with E-state index in [1.54, 1.807) is 0 Å². The highest BCUT2D eigenvalue weighted by Gasteiger charge is 2.26. The van der Waals surface area contributed by atoms with Crippen LogP contribution in [0.25, 0.3) is 0 Å². The van der Waals surface area contributed by atoms with Gasteiger partial charge in [0.25, 0.3) is 0 Å². The fourth-order valence-electron chi connectivity index (χ4n) is 2.39. The Kier molecular flexibility index (Phi) is 5.18. The van der Waals surface area contributed by atoms with Gasteiger partial charge in [-0.1, -0.05) is 12.1 Å². The predicted molar refractivity (Wildman–Crippen MR) is 86.0 cm³/mol. The van der Waals surface area contributed by atoms with Crippen molar-refractivity contribution in [1.82, 2.24) is 4.90 Å². The first-order valence-electron chi connectivity index (χ1n) is 6.58. The third kappa shape index (κ3) is 4.15. The van der Waals surface area contributed by atoms with Gasteiger partial charge in [0.2, 0.25) is 5.91 Å². The van der Waals surface area contributed by atoms with Crippen LogP contribution in [0.15, 0.2) is 24.3 Å². The lowest BCUT2D eigenvalue weighted by molar-refractivity contribution is -0.117. The van der Waals surface area contributed by atoms with Gasteiger partial charge in [-0.3, -0.25) is 9.69 Å². The van der Waals surface area contributed by atoms with Crippen molar-refractivity contribution in [2.75, 3.05) is 25.0 Å². The first-order valence-corrected chi connectivity index (χ1v) is 7.66. The molecule has 0 radical (unpaired) electrons. The van der Waals surface area contributed by atoms with Crippen LogP contribution in [0.2, 0.25) is 0 Å². The summed E-state index contributed by atoms with van der Waals surface area (Å²) >= 11 is 2.23. The Hall–Kier alpha value is -0.660. The van der Waals surface area contributed by atoms with Crippen LogP contribution in [0, 0.1) is 9.49 Å². The van der Waals surface area contributed by atoms with E-state index in [0.717, 1.165) is 28.8 Å². The van der Waals surface area contributed by atoms with Gasteiger partial charge in [-0.05, 0) is 60.5 Å². The Balaban J connectivity index is 1.84. The maximum Gasteiger partial charge on any atom is 0.238 e. The SMILES string of the molecule is CC(N)C1CCN(CC(=O)Nc2ccccc2I)C1. The summed E-state index contributed by atoms with van der Waals surface area (Å²) in [5.41, 5.74) is 6.79. The first kappa shape index (κ1) is 14.7. The average Bonchev–Trinajstić information content (AvgIpc) is 2.80. The van der Waals surface area contributed by atoms with Crippen molar-refractivity contribution < 1.29 is 4.79 Å². The van der Waals surface area contributed by atoms with E-state index in [2.05, 4.69) is 32.8 Å². The summed E-state index contributed by atoms with van der Waals surface area (Å²) in [5, 5.41) is 2.96. The second-order valence-electron chi connectivity index (χ2n) is 5.17. The number of nitrogens with two attached hydrogens (primary N) is 1. The monoisotopic (exact) mass is 373 g/mol. The molecule has 2 rings (SSSR count). The molecule has 1 saturated heterocycles. The molecule has 4 nitrogen and oxygen atoms in total. The van der Waals surface area contributed by atoms with E-state index >= 15 is 0 Å². The highest BCUT2D eigenvalue weighted by molar-refractivity contribution is 14.1. The van der Waals surface area contributed by atoms with E-state index in [-0.39, 0.29) is 11.9 Å². The Labute approximate surface area is 127 Å². The molecule has 1 aliphatic rings. The normalized spacial score (nSPS) is 21.3. The first-order chi connectivity index (χ1) is 9.06. The van der Waals surface area contributed by atoms with Crippen molar-refractivity contribution in [3.63, 3.8) is 0 Å². The van der Waals surface area contributed by atoms with Crippen LogP contribution in [0.4, 0.5) is 5.69 Å². The molecule has 0 spiro atoms. The van der Waals surface area contributed by atoms with E-state index in [0.29, 0.717) is 12.5 Å². The van der Waals surface area contributed by atoms with Crippen LogP contribution in [-0.2, 0) is 4.79 Å². The highest BCUT2D eigenvalue weighted by atomic mass is 127. The molecule has 1 aliphatic heterocycles. The zero-order valence-corrected chi connectivity index (χ0v) is 13.3. The number of carbonyl (C=O) groups is 1. The van der Waals surface area contributed by atoms with Gasteiger partial charge in [0.15, 0.2) is 0 Å². The average molecular weight is 373 g/mol. The molecular weight excluding hydrogens is 353 g/mol. The number of halogens is 1. The minimum absolute atomic E-state index is 0.0504. The van der Waals surface area contributed by atoms with Crippen LogP contribution in [-0.4, -0.2) is 36.5 Å². The summed E-state index contributed by atoms with van der Waals surface area (Å²) in [6, 6.07) is 8.01. The number of benzene rings is 1. The molecule has 2 unspecified atom stereocenters. The molecule has 1 aromatic carbocycles. The third-order valence-corrected chi connectivity index (χ3v) is 4.51. The van der Waals surface area contributed by atoms with Gasteiger partial charge in [-0.2, -0.15) is 0 Å². The zero-order valence-electron chi connectivity index (χ0n) is 11.1. The Morgan fingerprint density at radius 1 is 1.58 bits per heavy atom. The molecule has 1 fully saturated rings. The van der Waals surface area contributed by atoms with Gasteiger partial charge in [0.05, 0.1) is 12.2 Å². The molecular formula is C14H20IN3O. The standard InChI is InChI=1S/C14H20IN3O/c1-10(16)11-6-7-18(8-11)9-14(19)17-13-5-3-2-4-12(13)15/h2-5,10-11H,6-9,16H2,1H3,(H,17,19). The maximum atomic E-state index is 12.0. The van der Waals surface area contributed by atoms with Gasteiger partial charge in [-0.15, -0.1) is 0 Å². The molecule has 0 aliphatic carbocycles. The number of likely N-dealkylation sites (tertiary alicyclic amines) is 1. The second kappa shape index (κ2) is 6.67. The van der Waals surface area contributed by atoms with Crippen molar-refractivity contribution in [1.29, 1.82) is 0 Å². The van der Waals surface area contributed by atoms with Crippen molar-refractivity contribution in [3.05, 3.63) is 27.8 Å². The quantitative estimate of drug-likeness (QED) is 0.793. The summed E-state index contributed by atoms with van der Waals surface area (Å²) in [7, 11) is 0. The molecule has 104 valence electrons. The number of carbonyl (C=O) groups excluding carboxylic acids is 1. The van der Waals surface area contributed by atoms with E-state index in [1.165, 1.54) is 0 Å². The second-order valence-corrected chi connectivity index (χ2v) is 6.33. The molecule has 0 saturated carbocycles. The lowest BCUT2D eigenvalue weighted by atomic mass is 10.0. The number of nitrogens with one attached hydrogen (secondary N) is 1. The lowest BCUT2D eigenvalue weighted by Gasteiger charge is -2.17. The molecule has 19 heavy (non-hydrogen) atoms. The number of amides is 1. The molecule has 0 aromatic heterocycles. The van der Waals surface area contributed by atoms with Crippen LogP contribution in [0.3, 0.4) is 0 Å². The highest BCUT2D eigenvalue weighted by Crippen LogP contribution is 2.19. The van der Waals surface area contributed by atoms with E-state index in [4.69, 9.17) is 5.73 Å². The van der Waals surface area contributed by atoms with Crippen molar-refractivity contribution >= 4 is 34.2 Å². The maximum absolute atomic E-state index is 12.0. The third-order valence-electron chi connectivity index (χ3n) is 3.57. The molecule has 1 amide bonds. The topological polar surface area (TPSA) is 58.4 Å². The van der Waals surface area contributed by atoms with Gasteiger partial charge >= 0.3 is 0 Å². The van der Waals surface area contributed by atoms with Gasteiger partial charge < -0.3 is 11.1 Å². The summed E-state index contributed by atoms with van der Waals surface area (Å²) in [4.78, 5) is 14.2. The summed E-state index contributed by atoms with van der Waals surface area (Å²) < 4.78 is 1.06. The Bertz CT molecular complexity index is 450. The number of anilines is 1. The minimum atomic E-state index is 0.0504. The van der Waals surface area contributed by atoms with Crippen molar-refractivity contribution in [3.8, 4) is 0 Å². The predicted octanol–water partition coefficient (Wildman–Crippen LogP) is 1.90. The van der Waals surface area contributed by atoms with Crippen LogP contribution < -0.4 is 11.1 Å². The van der Waals surface area contributed by atoms with E-state index in [9.17, 15) is 4.79 Å². The fourth-order valence-corrected chi connectivity index (χ4v) is 2.91. The lowest BCUT2D eigenvalue weighted by Crippen LogP contribution is -2.34. The van der Waals surface area contributed by atoms with E-state index < -0.39 is 0 Å². The van der Waals surface area contributed by atoms with Crippen LogP contribution in [0.5, 0.6) is 0 Å². The Morgan fingerprint density at radius 3 is 2.95 bits per heavy atom. The smallest absolute Gasteiger partial charge is 0.238 e. The van der Waals surface area contributed by atoms with E-state index in [1.807, 2.05) is 31.2 Å². The molecule has 1 aromatic rings. The molecule has 5 heteroatoms. The fraction of sp³-hybridized carbons (Fsp3) is 0.500. The van der Waals surface area contributed by atoms with Gasteiger partial charge in [-0.25, -0.2) is 0 Å². The number of nitrogens with zero attached hydrogens (tertiary/aromatic N) is 1. The van der Waals surface area contributed by atoms with Crippen LogP contribution in [0.1, 0.15) is 13.3 Å². The van der Waals surface area contributed by atoms with Crippen molar-refractivity contribution in [2.45, 2.75) is 19.4 Å². The molecule has 0 bridgehead atoms. The summed E-state index contributed by atoms with van der Waals surface area (Å²) in [6.07, 6.45) is 1.09. The Morgan fingerprint density at radius 2 is 2.32 bits per heavy atom. The summed E-state index contributed by atoms with van der Waals surface area (Å²) in [5.74, 6) is 0.569. The van der Waals surface area contributed by atoms with Crippen LogP contribution >= 0.6 is 22.6 Å². The minimum Gasteiger partial charge on any atom is -0.328 e. The molecule has 2 atom stereocenters. The largest absolute Gasteiger partial charge is 0.328 e. The molecule has 3 N–H and O–H groups in total. The number of hydrogen-bond donors (Lipinski definition) is 2. The van der Waals surface area contributed by atoms with Crippen molar-refractivity contribution in [2.24, 2.45) is 11.7 Å². The van der Waals surface area contributed by atoms with Gasteiger partial charge in [0, 0.05) is 16.2 Å². The number of rotatable bonds is 4. The number of para-hydroxylation sites is 1. The molecule has 1 heterocycles. The number of hydrogen-bond acceptors (Lipinski definition) is 3. The summed E-state index contributed by atoms with van der Waals surface area (Å²) in [6.45, 7) is 4.39. The van der Waals surface area contributed by atoms with Gasteiger partial charge in [0.1, 0.15) is 0 Å². The zero-order chi connectivity index (χ0) is 13.8.